The second-order valence-electron chi connectivity index (χ2n) is 5.14. The predicted octanol–water partition coefficient (Wildman–Crippen LogP) is 5.08. The second-order valence-corrected chi connectivity index (χ2v) is 6.18. The molecule has 0 heterocycles. The number of hydrogen-bond donors (Lipinski definition) is 0. The normalized spacial score (nSPS) is 12.1. The smallest absolute Gasteiger partial charge is 0.00309 e. The van der Waals surface area contributed by atoms with Gasteiger partial charge in [-0.3, -0.25) is 0 Å². The van der Waals surface area contributed by atoms with Crippen LogP contribution in [0, 0.1) is 0 Å². The molecule has 0 bridgehead atoms. The Morgan fingerprint density at radius 1 is 0.650 bits per heavy atom. The number of rotatable bonds is 1. The van der Waals surface area contributed by atoms with E-state index in [1.807, 2.05) is 0 Å². The van der Waals surface area contributed by atoms with E-state index < -0.39 is 0 Å². The topological polar surface area (TPSA) is 0 Å². The summed E-state index contributed by atoms with van der Waals surface area (Å²) in [7, 11) is 0.824. The molecule has 0 fully saturated rings. The highest BCUT2D eigenvalue weighted by molar-refractivity contribution is 7.47. The minimum atomic E-state index is 0.824. The molecule has 0 aromatic heterocycles. The first kappa shape index (κ1) is 11.9. The zero-order chi connectivity index (χ0) is 13.5. The Balaban J connectivity index is 2.25. The van der Waals surface area contributed by atoms with Crippen molar-refractivity contribution >= 4 is 46.2 Å². The highest BCUT2D eigenvalue weighted by Crippen LogP contribution is 2.30. The van der Waals surface area contributed by atoms with Crippen molar-refractivity contribution in [2.45, 2.75) is 0 Å². The molecule has 0 amide bonds. The highest BCUT2D eigenvalue weighted by Gasteiger charge is 2.05. The first-order chi connectivity index (χ1) is 9.86. The molecule has 0 aliphatic heterocycles. The Hall–Kier alpha value is -1.91. The molecule has 0 aliphatic rings. The molecule has 1 unspecified atom stereocenters. The van der Waals surface area contributed by atoms with Crippen LogP contribution in [0.4, 0.5) is 0 Å². The molecule has 0 radical (unpaired) electrons. The van der Waals surface area contributed by atoms with Gasteiger partial charge in [0.25, 0.3) is 0 Å². The average molecular weight is 274 g/mol. The molecule has 20 heavy (non-hydrogen) atoms. The summed E-state index contributed by atoms with van der Waals surface area (Å²) in [6.45, 7) is 2.26. The SMILES string of the molecule is CPc1cccc2ccc3cc4ccccc4cc3c12. The molecule has 0 saturated carbocycles. The largest absolute Gasteiger partial charge is 0.0929 e. The van der Waals surface area contributed by atoms with E-state index in [0.29, 0.717) is 0 Å². The van der Waals surface area contributed by atoms with Gasteiger partial charge >= 0.3 is 0 Å². The van der Waals surface area contributed by atoms with Crippen molar-refractivity contribution in [2.24, 2.45) is 0 Å². The van der Waals surface area contributed by atoms with E-state index in [2.05, 4.69) is 73.4 Å². The van der Waals surface area contributed by atoms with Gasteiger partial charge in [-0.25, -0.2) is 0 Å². The fraction of sp³-hybridized carbons (Fsp3) is 0.0526. The minimum Gasteiger partial charge on any atom is -0.0929 e. The number of benzene rings is 4. The van der Waals surface area contributed by atoms with Crippen molar-refractivity contribution < 1.29 is 0 Å². The van der Waals surface area contributed by atoms with Gasteiger partial charge in [0.15, 0.2) is 0 Å². The van der Waals surface area contributed by atoms with Gasteiger partial charge in [0.05, 0.1) is 0 Å². The maximum absolute atomic E-state index is 2.34. The third-order valence-corrected chi connectivity index (χ3v) is 4.95. The summed E-state index contributed by atoms with van der Waals surface area (Å²) >= 11 is 0. The van der Waals surface area contributed by atoms with Crippen molar-refractivity contribution in [1.29, 1.82) is 0 Å². The van der Waals surface area contributed by atoms with E-state index in [4.69, 9.17) is 0 Å². The summed E-state index contributed by atoms with van der Waals surface area (Å²) in [4.78, 5) is 0. The zero-order valence-electron chi connectivity index (χ0n) is 11.4. The Bertz CT molecular complexity index is 938. The second kappa shape index (κ2) is 4.58. The summed E-state index contributed by atoms with van der Waals surface area (Å²) in [6, 6.07) is 24.4. The first-order valence-corrected chi connectivity index (χ1v) is 8.39. The van der Waals surface area contributed by atoms with Crippen molar-refractivity contribution in [3.05, 3.63) is 66.7 Å². The van der Waals surface area contributed by atoms with E-state index in [0.717, 1.165) is 8.58 Å². The Morgan fingerprint density at radius 3 is 2.15 bits per heavy atom. The van der Waals surface area contributed by atoms with Crippen molar-refractivity contribution in [3.63, 3.8) is 0 Å². The van der Waals surface area contributed by atoms with Gasteiger partial charge in [-0.1, -0.05) is 63.2 Å². The molecule has 0 aliphatic carbocycles. The fourth-order valence-corrected chi connectivity index (χ4v) is 3.80. The molecule has 1 heteroatoms. The minimum absolute atomic E-state index is 0.824. The molecule has 1 atom stereocenters. The van der Waals surface area contributed by atoms with Crippen LogP contribution in [-0.4, -0.2) is 6.66 Å². The van der Waals surface area contributed by atoms with E-state index >= 15 is 0 Å². The van der Waals surface area contributed by atoms with E-state index in [9.17, 15) is 0 Å². The van der Waals surface area contributed by atoms with Crippen molar-refractivity contribution in [3.8, 4) is 0 Å². The molecule has 96 valence electrons. The monoisotopic (exact) mass is 274 g/mol. The maximum Gasteiger partial charge on any atom is -0.00309 e. The summed E-state index contributed by atoms with van der Waals surface area (Å²) in [5.41, 5.74) is 0. The summed E-state index contributed by atoms with van der Waals surface area (Å²) in [5, 5.41) is 9.59. The van der Waals surface area contributed by atoms with Crippen molar-refractivity contribution in [1.82, 2.24) is 0 Å². The fourth-order valence-electron chi connectivity index (χ4n) is 3.01. The van der Waals surface area contributed by atoms with Crippen LogP contribution >= 0.6 is 8.58 Å². The van der Waals surface area contributed by atoms with Gasteiger partial charge in [-0.05, 0) is 56.4 Å². The summed E-state index contributed by atoms with van der Waals surface area (Å²) in [5.74, 6) is 0. The third kappa shape index (κ3) is 1.72. The quantitative estimate of drug-likeness (QED) is 0.258. The van der Waals surface area contributed by atoms with Gasteiger partial charge in [0.2, 0.25) is 0 Å². The van der Waals surface area contributed by atoms with E-state index in [-0.39, 0.29) is 0 Å². The van der Waals surface area contributed by atoms with Crippen LogP contribution in [0.25, 0.3) is 32.3 Å². The average Bonchev–Trinajstić information content (AvgIpc) is 2.52. The van der Waals surface area contributed by atoms with Crippen LogP contribution in [-0.2, 0) is 0 Å². The molecule has 0 nitrogen and oxygen atoms in total. The van der Waals surface area contributed by atoms with Crippen LogP contribution in [0.2, 0.25) is 0 Å². The predicted molar refractivity (Wildman–Crippen MR) is 92.8 cm³/mol. The summed E-state index contributed by atoms with van der Waals surface area (Å²) < 4.78 is 0. The van der Waals surface area contributed by atoms with E-state index in [1.54, 1.807) is 0 Å². The number of fused-ring (bicyclic) bond motifs is 4. The molecule has 4 aromatic rings. The molecular weight excluding hydrogens is 259 g/mol. The molecule has 0 N–H and O–H groups in total. The molecule has 0 saturated heterocycles. The van der Waals surface area contributed by atoms with Gasteiger partial charge in [0.1, 0.15) is 0 Å². The maximum atomic E-state index is 2.34. The van der Waals surface area contributed by atoms with Crippen LogP contribution in [0.3, 0.4) is 0 Å². The Kier molecular flexibility index (Phi) is 2.72. The Morgan fingerprint density at radius 2 is 1.35 bits per heavy atom. The lowest BCUT2D eigenvalue weighted by atomic mass is 9.98. The van der Waals surface area contributed by atoms with Gasteiger partial charge in [-0.2, -0.15) is 0 Å². The van der Waals surface area contributed by atoms with Crippen molar-refractivity contribution in [2.75, 3.05) is 6.66 Å². The lowest BCUT2D eigenvalue weighted by molar-refractivity contribution is 1.79. The third-order valence-electron chi connectivity index (χ3n) is 4.00. The lowest BCUT2D eigenvalue weighted by Crippen LogP contribution is -1.96. The molecular formula is C19H15P. The Labute approximate surface area is 120 Å². The van der Waals surface area contributed by atoms with Gasteiger partial charge in [0, 0.05) is 0 Å². The van der Waals surface area contributed by atoms with Gasteiger partial charge < -0.3 is 0 Å². The lowest BCUT2D eigenvalue weighted by Gasteiger charge is -2.10. The standard InChI is InChI=1S/C19H15P/c1-20-18-8-4-7-13-9-10-16-11-14-5-2-3-6-15(14)12-17(16)19(13)18/h2-12,20H,1H3. The highest BCUT2D eigenvalue weighted by atomic mass is 31.1. The van der Waals surface area contributed by atoms with Crippen LogP contribution in [0.15, 0.2) is 66.7 Å². The summed E-state index contributed by atoms with van der Waals surface area (Å²) in [6.07, 6.45) is 0. The first-order valence-electron chi connectivity index (χ1n) is 6.89. The van der Waals surface area contributed by atoms with Crippen LogP contribution in [0.1, 0.15) is 0 Å². The van der Waals surface area contributed by atoms with Crippen LogP contribution < -0.4 is 5.30 Å². The molecule has 4 rings (SSSR count). The molecule has 0 spiro atoms. The van der Waals surface area contributed by atoms with Crippen LogP contribution in [0.5, 0.6) is 0 Å². The van der Waals surface area contributed by atoms with Gasteiger partial charge in [-0.15, -0.1) is 0 Å². The number of hydrogen-bond acceptors (Lipinski definition) is 0. The zero-order valence-corrected chi connectivity index (χ0v) is 12.4. The molecule has 4 aromatic carbocycles. The van der Waals surface area contributed by atoms with E-state index in [1.165, 1.54) is 37.6 Å².